The van der Waals surface area contributed by atoms with Crippen LogP contribution >= 0.6 is 11.8 Å². The van der Waals surface area contributed by atoms with Crippen molar-refractivity contribution in [2.24, 2.45) is 0 Å². The quantitative estimate of drug-likeness (QED) is 0.503. The van der Waals surface area contributed by atoms with E-state index in [0.717, 1.165) is 28.1 Å². The molecule has 5 rings (SSSR count). The van der Waals surface area contributed by atoms with E-state index in [-0.39, 0.29) is 5.50 Å². The van der Waals surface area contributed by atoms with Crippen molar-refractivity contribution in [3.8, 4) is 11.4 Å². The van der Waals surface area contributed by atoms with Crippen molar-refractivity contribution < 1.29 is 5.73 Å². The molecular weight excluding hydrogens is 304 g/mol. The monoisotopic (exact) mass is 319 g/mol. The minimum atomic E-state index is 0.182. The first-order valence-electron chi connectivity index (χ1n) is 7.55. The number of fused-ring (bicyclic) bond motifs is 3. The molecule has 112 valence electrons. The number of imidazole rings is 1. The maximum absolute atomic E-state index is 4.78. The maximum atomic E-state index is 4.78. The van der Waals surface area contributed by atoms with Crippen molar-refractivity contribution in [3.63, 3.8) is 0 Å². The van der Waals surface area contributed by atoms with Gasteiger partial charge >= 0.3 is 0 Å². The van der Waals surface area contributed by atoms with E-state index in [1.54, 1.807) is 11.8 Å². The van der Waals surface area contributed by atoms with Gasteiger partial charge in [0.15, 0.2) is 0 Å². The number of aromatic nitrogens is 2. The van der Waals surface area contributed by atoms with Crippen molar-refractivity contribution >= 4 is 39.3 Å². The summed E-state index contributed by atoms with van der Waals surface area (Å²) in [6.07, 6.45) is 0. The van der Waals surface area contributed by atoms with Crippen molar-refractivity contribution in [3.05, 3.63) is 54.6 Å². The number of nitrogens with one attached hydrogen (secondary N) is 2. The van der Waals surface area contributed by atoms with Crippen LogP contribution in [0, 0.1) is 0 Å². The number of hydrogen-bond donors (Lipinski definition) is 3. The molecule has 0 unspecified atom stereocenters. The van der Waals surface area contributed by atoms with Crippen LogP contribution in [0.5, 0.6) is 0 Å². The van der Waals surface area contributed by atoms with Gasteiger partial charge in [0.05, 0.1) is 16.7 Å². The summed E-state index contributed by atoms with van der Waals surface area (Å²) in [5.41, 5.74) is 8.56. The Morgan fingerprint density at radius 2 is 1.83 bits per heavy atom. The fourth-order valence-electron chi connectivity index (χ4n) is 3.08. The van der Waals surface area contributed by atoms with Crippen molar-refractivity contribution in [2.75, 3.05) is 5.32 Å². The summed E-state index contributed by atoms with van der Waals surface area (Å²) in [7, 11) is 0. The molecule has 5 heteroatoms. The maximum Gasteiger partial charge on any atom is 0.210 e. The Morgan fingerprint density at radius 1 is 1.00 bits per heavy atom. The Morgan fingerprint density at radius 3 is 2.70 bits per heavy atom. The second-order valence-corrected chi connectivity index (χ2v) is 7.01. The molecule has 0 bridgehead atoms. The lowest BCUT2D eigenvalue weighted by molar-refractivity contribution is -0.376. The first kappa shape index (κ1) is 13.0. The van der Waals surface area contributed by atoms with Crippen molar-refractivity contribution in [1.82, 2.24) is 9.97 Å². The molecule has 0 saturated heterocycles. The highest BCUT2D eigenvalue weighted by molar-refractivity contribution is 8.00. The Hall–Kier alpha value is -2.50. The summed E-state index contributed by atoms with van der Waals surface area (Å²) in [5, 5.41) is 5.79. The number of hydrogen-bond acceptors (Lipinski definition) is 3. The lowest BCUT2D eigenvalue weighted by atomic mass is 10.1. The topological polar surface area (TPSA) is 68.3 Å². The molecule has 0 aliphatic carbocycles. The molecule has 3 aromatic carbocycles. The third-order valence-corrected chi connectivity index (χ3v) is 5.18. The molecular formula is C18H15N4S+. The summed E-state index contributed by atoms with van der Waals surface area (Å²) in [4.78, 5) is 9.46. The number of quaternary nitrogens is 1. The zero-order chi connectivity index (χ0) is 15.4. The molecule has 2 heterocycles. The number of rotatable bonds is 1. The van der Waals surface area contributed by atoms with Gasteiger partial charge in [0.2, 0.25) is 5.50 Å². The van der Waals surface area contributed by atoms with Gasteiger partial charge in [0, 0.05) is 10.5 Å². The number of H-pyrrole nitrogens is 1. The highest BCUT2D eigenvalue weighted by Crippen LogP contribution is 2.38. The van der Waals surface area contributed by atoms with E-state index in [1.807, 2.05) is 0 Å². The van der Waals surface area contributed by atoms with Gasteiger partial charge in [-0.1, -0.05) is 24.3 Å². The third kappa shape index (κ3) is 2.09. The van der Waals surface area contributed by atoms with Crippen LogP contribution in [0.25, 0.3) is 33.2 Å². The first-order chi connectivity index (χ1) is 11.3. The van der Waals surface area contributed by atoms with E-state index in [9.17, 15) is 0 Å². The second kappa shape index (κ2) is 4.75. The standard InChI is InChI=1S/C18H14N4S/c19-18-22-13-6-5-12(9-16(13)23-18)17-20-14-7-10-3-1-2-4-11(10)8-15(14)21-17/h1-9,18,22H,19H2,(H,20,21)/p+1/t18-/m0/s1. The average Bonchev–Trinajstić information content (AvgIpc) is 3.13. The van der Waals surface area contributed by atoms with Gasteiger partial charge in [-0.25, -0.2) is 4.98 Å². The van der Waals surface area contributed by atoms with Crippen molar-refractivity contribution in [1.29, 1.82) is 0 Å². The number of thioether (sulfide) groups is 1. The lowest BCUT2D eigenvalue weighted by Gasteiger charge is -2.00. The van der Waals surface area contributed by atoms with Crippen LogP contribution in [0.1, 0.15) is 0 Å². The van der Waals surface area contributed by atoms with Gasteiger partial charge in [-0.3, -0.25) is 0 Å². The molecule has 1 atom stereocenters. The molecule has 1 aliphatic rings. The minimum absolute atomic E-state index is 0.182. The van der Waals surface area contributed by atoms with E-state index in [1.165, 1.54) is 15.7 Å². The molecule has 0 saturated carbocycles. The lowest BCUT2D eigenvalue weighted by Crippen LogP contribution is -2.61. The zero-order valence-corrected chi connectivity index (χ0v) is 13.2. The van der Waals surface area contributed by atoms with E-state index >= 15 is 0 Å². The Balaban J connectivity index is 1.66. The van der Waals surface area contributed by atoms with Gasteiger partial charge in [-0.15, -0.1) is 0 Å². The SMILES string of the molecule is [NH3+][C@H]1Nc2ccc(-c3nc4cc5ccccc5cc4[nH]3)cc2S1. The smallest absolute Gasteiger partial charge is 0.210 e. The molecule has 4 nitrogen and oxygen atoms in total. The first-order valence-corrected chi connectivity index (χ1v) is 8.43. The molecule has 0 radical (unpaired) electrons. The van der Waals surface area contributed by atoms with Gasteiger partial charge in [-0.05, 0) is 52.9 Å². The molecule has 0 spiro atoms. The molecule has 5 N–H and O–H groups in total. The fraction of sp³-hybridized carbons (Fsp3) is 0.0556. The molecule has 0 fully saturated rings. The van der Waals surface area contributed by atoms with Crippen LogP contribution in [0.3, 0.4) is 0 Å². The highest BCUT2D eigenvalue weighted by Gasteiger charge is 2.21. The predicted molar refractivity (Wildman–Crippen MR) is 95.2 cm³/mol. The molecule has 1 aromatic heterocycles. The predicted octanol–water partition coefficient (Wildman–Crippen LogP) is 3.43. The van der Waals surface area contributed by atoms with Crippen LogP contribution in [0.2, 0.25) is 0 Å². The summed E-state index contributed by atoms with van der Waals surface area (Å²) >= 11 is 1.74. The van der Waals surface area contributed by atoms with E-state index < -0.39 is 0 Å². The largest absolute Gasteiger partial charge is 0.338 e. The van der Waals surface area contributed by atoms with E-state index in [4.69, 9.17) is 4.98 Å². The van der Waals surface area contributed by atoms with Crippen LogP contribution < -0.4 is 11.1 Å². The van der Waals surface area contributed by atoms with E-state index in [2.05, 4.69) is 70.6 Å². The molecule has 1 aliphatic heterocycles. The summed E-state index contributed by atoms with van der Waals surface area (Å²) in [6, 6.07) is 19.0. The fourth-order valence-corrected chi connectivity index (χ4v) is 4.02. The van der Waals surface area contributed by atoms with Gasteiger partial charge in [0.1, 0.15) is 5.82 Å². The van der Waals surface area contributed by atoms with Crippen LogP contribution in [0.4, 0.5) is 5.69 Å². The van der Waals surface area contributed by atoms with Crippen LogP contribution in [-0.2, 0) is 0 Å². The number of nitrogens with zero attached hydrogens (tertiary/aromatic N) is 1. The Labute approximate surface area is 137 Å². The second-order valence-electron chi connectivity index (χ2n) is 5.76. The van der Waals surface area contributed by atoms with Crippen LogP contribution in [-0.4, -0.2) is 15.5 Å². The van der Waals surface area contributed by atoms with E-state index in [0.29, 0.717) is 0 Å². The zero-order valence-electron chi connectivity index (χ0n) is 12.3. The summed E-state index contributed by atoms with van der Waals surface area (Å²) in [6.45, 7) is 0. The normalized spacial score (nSPS) is 16.7. The third-order valence-electron chi connectivity index (χ3n) is 4.19. The number of benzene rings is 3. The highest BCUT2D eigenvalue weighted by atomic mass is 32.2. The molecule has 23 heavy (non-hydrogen) atoms. The van der Waals surface area contributed by atoms with Gasteiger partial charge in [-0.2, -0.15) is 0 Å². The van der Waals surface area contributed by atoms with Crippen LogP contribution in [0.15, 0.2) is 59.5 Å². The minimum Gasteiger partial charge on any atom is -0.338 e. The average molecular weight is 319 g/mol. The van der Waals surface area contributed by atoms with Gasteiger partial charge < -0.3 is 16.0 Å². The molecule has 4 aromatic rings. The number of aromatic amines is 1. The molecule has 0 amide bonds. The summed E-state index contributed by atoms with van der Waals surface area (Å²) in [5.74, 6) is 0.909. The van der Waals surface area contributed by atoms with Gasteiger partial charge in [0.25, 0.3) is 0 Å². The number of anilines is 1. The van der Waals surface area contributed by atoms with Crippen molar-refractivity contribution in [2.45, 2.75) is 10.4 Å². The Kier molecular flexibility index (Phi) is 2.68. The summed E-state index contributed by atoms with van der Waals surface area (Å²) < 4.78 is 0. The Bertz CT molecular complexity index is 1000.